The first-order valence-corrected chi connectivity index (χ1v) is 14.0. The van der Waals surface area contributed by atoms with Crippen LogP contribution >= 0.6 is 0 Å². The zero-order valence-electron chi connectivity index (χ0n) is 21.8. The number of aliphatic hydroxyl groups is 2. The van der Waals surface area contributed by atoms with Crippen molar-refractivity contribution in [3.05, 3.63) is 95.6 Å². The number of hydrogen-bond donors (Lipinski definition) is 3. The lowest BCUT2D eigenvalue weighted by Gasteiger charge is -2.12. The molecule has 0 bridgehead atoms. The van der Waals surface area contributed by atoms with Gasteiger partial charge in [-0.25, -0.2) is 0 Å². The van der Waals surface area contributed by atoms with Gasteiger partial charge in [0.1, 0.15) is 18.1 Å². The molecule has 3 N–H and O–H groups in total. The minimum atomic E-state index is -0.371. The maximum Gasteiger partial charge on any atom is 0.119 e. The summed E-state index contributed by atoms with van der Waals surface area (Å²) in [6, 6.07) is 24.8. The Morgan fingerprint density at radius 2 is 1.14 bits per heavy atom. The lowest BCUT2D eigenvalue weighted by molar-refractivity contribution is 0.162. The number of aromatic hydroxyl groups is 1. The Kier molecular flexibility index (Phi) is 10.5. The molecular formula is C33H42O4. The highest BCUT2D eigenvalue weighted by molar-refractivity contribution is 5.29. The highest BCUT2D eigenvalue weighted by atomic mass is 16.5. The first-order chi connectivity index (χ1) is 18.1. The number of benzene rings is 3. The second-order valence-electron chi connectivity index (χ2n) is 10.7. The minimum absolute atomic E-state index is 0.254. The van der Waals surface area contributed by atoms with E-state index in [4.69, 9.17) is 9.84 Å². The van der Waals surface area contributed by atoms with E-state index in [1.165, 1.54) is 38.5 Å². The first kappa shape index (κ1) is 27.2. The van der Waals surface area contributed by atoms with Crippen molar-refractivity contribution in [3.8, 4) is 11.5 Å². The zero-order valence-corrected chi connectivity index (χ0v) is 21.8. The quantitative estimate of drug-likeness (QED) is 0.222. The largest absolute Gasteiger partial charge is 0.508 e. The van der Waals surface area contributed by atoms with Crippen LogP contribution in [-0.4, -0.2) is 15.3 Å². The summed E-state index contributed by atoms with van der Waals surface area (Å²) < 4.78 is 5.77. The second kappa shape index (κ2) is 14.2. The topological polar surface area (TPSA) is 69.9 Å². The van der Waals surface area contributed by atoms with Crippen molar-refractivity contribution < 1.29 is 20.1 Å². The van der Waals surface area contributed by atoms with Crippen molar-refractivity contribution in [3.63, 3.8) is 0 Å². The van der Waals surface area contributed by atoms with Crippen LogP contribution in [0.5, 0.6) is 11.5 Å². The number of phenolic OH excluding ortho intramolecular Hbond substituents is 1. The maximum absolute atomic E-state index is 10.2. The van der Waals surface area contributed by atoms with Gasteiger partial charge in [0, 0.05) is 0 Å². The van der Waals surface area contributed by atoms with Crippen LogP contribution in [0, 0.1) is 11.8 Å². The second-order valence-corrected chi connectivity index (χ2v) is 10.7. The average molecular weight is 503 g/mol. The van der Waals surface area contributed by atoms with E-state index in [1.54, 1.807) is 24.3 Å². The van der Waals surface area contributed by atoms with Crippen LogP contribution in [0.25, 0.3) is 0 Å². The van der Waals surface area contributed by atoms with Gasteiger partial charge < -0.3 is 20.1 Å². The number of hydrogen-bond acceptors (Lipinski definition) is 4. The summed E-state index contributed by atoms with van der Waals surface area (Å²) in [4.78, 5) is 0. The van der Waals surface area contributed by atoms with Crippen molar-refractivity contribution in [1.29, 1.82) is 0 Å². The molecule has 0 heterocycles. The molecule has 0 radical (unpaired) electrons. The van der Waals surface area contributed by atoms with Gasteiger partial charge in [0.05, 0.1) is 12.2 Å². The van der Waals surface area contributed by atoms with Crippen molar-refractivity contribution in [2.24, 2.45) is 11.8 Å². The minimum Gasteiger partial charge on any atom is -0.508 e. The van der Waals surface area contributed by atoms with Gasteiger partial charge in [0.2, 0.25) is 0 Å². The molecule has 198 valence electrons. The fourth-order valence-corrected chi connectivity index (χ4v) is 4.57. The third-order valence-corrected chi connectivity index (χ3v) is 7.36. The molecule has 4 heteroatoms. The Hall–Kier alpha value is -2.82. The third-order valence-electron chi connectivity index (χ3n) is 7.36. The van der Waals surface area contributed by atoms with E-state index in [0.717, 1.165) is 60.0 Å². The molecule has 0 saturated heterocycles. The summed E-state index contributed by atoms with van der Waals surface area (Å²) in [5.41, 5.74) is 3.05. The van der Waals surface area contributed by atoms with E-state index < -0.39 is 0 Å². The van der Waals surface area contributed by atoms with E-state index in [2.05, 4.69) is 12.1 Å². The van der Waals surface area contributed by atoms with Crippen molar-refractivity contribution >= 4 is 0 Å². The van der Waals surface area contributed by atoms with E-state index in [0.29, 0.717) is 6.61 Å². The predicted octanol–water partition coefficient (Wildman–Crippen LogP) is 7.89. The van der Waals surface area contributed by atoms with Crippen LogP contribution in [0.4, 0.5) is 0 Å². The Bertz CT molecular complexity index is 1020. The predicted molar refractivity (Wildman–Crippen MR) is 148 cm³/mol. The van der Waals surface area contributed by atoms with Crippen LogP contribution in [0.15, 0.2) is 78.9 Å². The van der Waals surface area contributed by atoms with Gasteiger partial charge in [-0.05, 0) is 65.6 Å². The molecule has 2 atom stereocenters. The molecule has 4 nitrogen and oxygen atoms in total. The molecule has 0 aromatic heterocycles. The molecule has 5 rings (SSSR count). The molecule has 3 aromatic rings. The fourth-order valence-electron chi connectivity index (χ4n) is 4.57. The lowest BCUT2D eigenvalue weighted by Crippen LogP contribution is -1.99. The van der Waals surface area contributed by atoms with Gasteiger partial charge in [-0.3, -0.25) is 0 Å². The van der Waals surface area contributed by atoms with Crippen molar-refractivity contribution in [2.75, 3.05) is 0 Å². The third kappa shape index (κ3) is 10.2. The number of rotatable bonds is 13. The standard InChI is InChI=1S/C20H24O2.C13H18O2/c21-20(8-4-7-16-9-10-16)18-11-13-19(14-12-18)22-15-17-5-2-1-3-6-17;14-12-8-6-11(7-9-12)13(15)3-1-2-10-4-5-10/h1-3,5-6,11-14,16,20-21H,4,7-10,15H2;6-10,13-15H,1-5H2. The zero-order chi connectivity index (χ0) is 25.9. The summed E-state index contributed by atoms with van der Waals surface area (Å²) in [6.45, 7) is 0.574. The Morgan fingerprint density at radius 3 is 1.62 bits per heavy atom. The normalized spacial score (nSPS) is 16.4. The van der Waals surface area contributed by atoms with Gasteiger partial charge >= 0.3 is 0 Å². The molecule has 3 aromatic carbocycles. The molecule has 2 fully saturated rings. The van der Waals surface area contributed by atoms with Crippen LogP contribution in [0.3, 0.4) is 0 Å². The smallest absolute Gasteiger partial charge is 0.119 e. The SMILES string of the molecule is OC(CCCC1CC1)c1ccc(OCc2ccccc2)cc1.Oc1ccc(C(O)CCCC2CC2)cc1. The molecule has 0 amide bonds. The van der Waals surface area contributed by atoms with Crippen LogP contribution in [0.2, 0.25) is 0 Å². The van der Waals surface area contributed by atoms with Gasteiger partial charge in [0.25, 0.3) is 0 Å². The monoisotopic (exact) mass is 502 g/mol. The van der Waals surface area contributed by atoms with Crippen molar-refractivity contribution in [1.82, 2.24) is 0 Å². The Labute approximate surface area is 222 Å². The Morgan fingerprint density at radius 1 is 0.649 bits per heavy atom. The van der Waals surface area contributed by atoms with Crippen molar-refractivity contribution in [2.45, 2.75) is 83.0 Å². The maximum atomic E-state index is 10.2. The molecule has 2 unspecified atom stereocenters. The summed E-state index contributed by atoms with van der Waals surface area (Å²) >= 11 is 0. The number of aliphatic hydroxyl groups excluding tert-OH is 2. The molecule has 0 aliphatic heterocycles. The molecule has 0 spiro atoms. The summed E-state index contributed by atoms with van der Waals surface area (Å²) in [5.74, 6) is 2.99. The van der Waals surface area contributed by atoms with E-state index >= 15 is 0 Å². The molecule has 2 saturated carbocycles. The molecular weight excluding hydrogens is 460 g/mol. The number of ether oxygens (including phenoxy) is 1. The van der Waals surface area contributed by atoms with Gasteiger partial charge in [-0.2, -0.15) is 0 Å². The summed E-state index contributed by atoms with van der Waals surface area (Å²) in [6.07, 6.45) is 11.3. The van der Waals surface area contributed by atoms with E-state index in [-0.39, 0.29) is 18.0 Å². The van der Waals surface area contributed by atoms with Gasteiger partial charge in [-0.1, -0.05) is 106 Å². The number of phenols is 1. The van der Waals surface area contributed by atoms with Crippen LogP contribution in [0.1, 0.15) is 93.1 Å². The fraction of sp³-hybridized carbons (Fsp3) is 0.455. The lowest BCUT2D eigenvalue weighted by atomic mass is 10.0. The molecule has 2 aliphatic carbocycles. The van der Waals surface area contributed by atoms with E-state index in [1.807, 2.05) is 42.5 Å². The van der Waals surface area contributed by atoms with Gasteiger partial charge in [-0.15, -0.1) is 0 Å². The first-order valence-electron chi connectivity index (χ1n) is 14.0. The molecule has 37 heavy (non-hydrogen) atoms. The summed E-state index contributed by atoms with van der Waals surface area (Å²) in [5, 5.41) is 29.2. The van der Waals surface area contributed by atoms with Gasteiger partial charge in [0.15, 0.2) is 0 Å². The average Bonchev–Trinajstić information content (AvgIpc) is 3.86. The summed E-state index contributed by atoms with van der Waals surface area (Å²) in [7, 11) is 0. The van der Waals surface area contributed by atoms with Crippen LogP contribution < -0.4 is 4.74 Å². The molecule has 2 aliphatic rings. The van der Waals surface area contributed by atoms with Crippen LogP contribution in [-0.2, 0) is 6.61 Å². The highest BCUT2D eigenvalue weighted by Crippen LogP contribution is 2.36. The highest BCUT2D eigenvalue weighted by Gasteiger charge is 2.21. The Balaban J connectivity index is 0.000000186. The van der Waals surface area contributed by atoms with E-state index in [9.17, 15) is 10.2 Å².